The summed E-state index contributed by atoms with van der Waals surface area (Å²) in [6.45, 7) is 3.76. The average molecular weight is 518 g/mol. The number of halogens is 4. The standard InChI is InChI=1S/C22H22F3N3O4S.ClH/c1-30-16-4-2-3-15(13-16)20(29)28(8-7-27-9-11-31-12-10-27)21-26-18-6-5-17(14-19(18)33-21)32-22(23,24)25;/h2-6,13-14H,7-12H2,1H3;1H. The summed E-state index contributed by atoms with van der Waals surface area (Å²) in [5, 5.41) is 0.398. The molecule has 1 aliphatic rings. The predicted octanol–water partition coefficient (Wildman–Crippen LogP) is 4.60. The molecule has 1 aromatic heterocycles. The van der Waals surface area contributed by atoms with Gasteiger partial charge in [0, 0.05) is 37.8 Å². The molecular weight excluding hydrogens is 495 g/mol. The van der Waals surface area contributed by atoms with E-state index in [1.54, 1.807) is 29.2 Å². The largest absolute Gasteiger partial charge is 0.573 e. The van der Waals surface area contributed by atoms with Crippen LogP contribution in [0.25, 0.3) is 10.2 Å². The Morgan fingerprint density at radius 3 is 2.65 bits per heavy atom. The van der Waals surface area contributed by atoms with Crippen molar-refractivity contribution >= 4 is 45.0 Å². The molecule has 0 saturated carbocycles. The van der Waals surface area contributed by atoms with Crippen LogP contribution in [0.15, 0.2) is 42.5 Å². The molecule has 3 aromatic rings. The van der Waals surface area contributed by atoms with Gasteiger partial charge in [-0.3, -0.25) is 14.6 Å². The lowest BCUT2D eigenvalue weighted by Crippen LogP contribution is -2.43. The van der Waals surface area contributed by atoms with Crippen molar-refractivity contribution in [3.05, 3.63) is 48.0 Å². The first kappa shape index (κ1) is 26.0. The van der Waals surface area contributed by atoms with Crippen LogP contribution in [0.1, 0.15) is 10.4 Å². The fraction of sp³-hybridized carbons (Fsp3) is 0.364. The summed E-state index contributed by atoms with van der Waals surface area (Å²) in [6, 6.07) is 10.7. The van der Waals surface area contributed by atoms with Crippen molar-refractivity contribution in [3.63, 3.8) is 0 Å². The molecule has 0 N–H and O–H groups in total. The minimum atomic E-state index is -4.78. The summed E-state index contributed by atoms with van der Waals surface area (Å²) in [6.07, 6.45) is -4.78. The van der Waals surface area contributed by atoms with Gasteiger partial charge in [-0.1, -0.05) is 17.4 Å². The molecule has 184 valence electrons. The number of thiazole rings is 1. The third kappa shape index (κ3) is 6.50. The molecule has 1 fully saturated rings. The van der Waals surface area contributed by atoms with Gasteiger partial charge in [0.2, 0.25) is 0 Å². The number of nitrogens with zero attached hydrogens (tertiary/aromatic N) is 3. The fourth-order valence-corrected chi connectivity index (χ4v) is 4.49. The number of hydrogen-bond donors (Lipinski definition) is 0. The number of amides is 1. The lowest BCUT2D eigenvalue weighted by Gasteiger charge is -2.29. The molecule has 2 aromatic carbocycles. The van der Waals surface area contributed by atoms with E-state index < -0.39 is 6.36 Å². The van der Waals surface area contributed by atoms with Crippen molar-refractivity contribution < 1.29 is 32.2 Å². The van der Waals surface area contributed by atoms with Gasteiger partial charge in [0.25, 0.3) is 5.91 Å². The van der Waals surface area contributed by atoms with Crippen LogP contribution < -0.4 is 14.4 Å². The molecule has 12 heteroatoms. The van der Waals surface area contributed by atoms with Crippen LogP contribution in [0, 0.1) is 0 Å². The van der Waals surface area contributed by atoms with Gasteiger partial charge in [0.15, 0.2) is 5.13 Å². The van der Waals surface area contributed by atoms with Crippen LogP contribution in [0.4, 0.5) is 18.3 Å². The number of fused-ring (bicyclic) bond motifs is 1. The molecule has 7 nitrogen and oxygen atoms in total. The van der Waals surface area contributed by atoms with Crippen molar-refractivity contribution in [1.29, 1.82) is 0 Å². The lowest BCUT2D eigenvalue weighted by molar-refractivity contribution is -0.274. The molecule has 1 aliphatic heterocycles. The van der Waals surface area contributed by atoms with Gasteiger partial charge in [0.1, 0.15) is 11.5 Å². The van der Waals surface area contributed by atoms with Gasteiger partial charge in [-0.15, -0.1) is 25.6 Å². The predicted molar refractivity (Wildman–Crippen MR) is 125 cm³/mol. The highest BCUT2D eigenvalue weighted by molar-refractivity contribution is 7.22. The van der Waals surface area contributed by atoms with E-state index >= 15 is 0 Å². The quantitative estimate of drug-likeness (QED) is 0.456. The molecule has 4 rings (SSSR count). The fourth-order valence-electron chi connectivity index (χ4n) is 3.47. The number of ether oxygens (including phenoxy) is 3. The van der Waals surface area contributed by atoms with Gasteiger partial charge >= 0.3 is 6.36 Å². The zero-order chi connectivity index (χ0) is 23.4. The molecule has 0 radical (unpaired) electrons. The first-order valence-corrected chi connectivity index (χ1v) is 11.1. The van der Waals surface area contributed by atoms with E-state index in [-0.39, 0.29) is 24.1 Å². The molecule has 1 amide bonds. The van der Waals surface area contributed by atoms with E-state index in [1.807, 2.05) is 0 Å². The molecule has 2 heterocycles. The number of anilines is 1. The SMILES string of the molecule is COc1cccc(C(=O)N(CCN2CCOCC2)c2nc3ccc(OC(F)(F)F)cc3s2)c1.Cl. The number of alkyl halides is 3. The Bertz CT molecular complexity index is 1120. The Balaban J connectivity index is 0.00000324. The number of benzene rings is 2. The number of carbonyl (C=O) groups is 1. The van der Waals surface area contributed by atoms with E-state index in [0.717, 1.165) is 24.4 Å². The number of carbonyl (C=O) groups excluding carboxylic acids is 1. The maximum atomic E-state index is 13.4. The normalized spacial score (nSPS) is 14.5. The van der Waals surface area contributed by atoms with Crippen LogP contribution in [-0.4, -0.2) is 68.7 Å². The Hall–Kier alpha value is -2.60. The third-order valence-corrected chi connectivity index (χ3v) is 6.16. The summed E-state index contributed by atoms with van der Waals surface area (Å²) in [5.74, 6) is -0.0515. The van der Waals surface area contributed by atoms with Crippen LogP contribution in [0.5, 0.6) is 11.5 Å². The summed E-state index contributed by atoms with van der Waals surface area (Å²) in [7, 11) is 1.52. The van der Waals surface area contributed by atoms with Crippen LogP contribution in [-0.2, 0) is 4.74 Å². The first-order valence-electron chi connectivity index (χ1n) is 10.2. The second-order valence-electron chi connectivity index (χ2n) is 7.32. The highest BCUT2D eigenvalue weighted by Gasteiger charge is 2.31. The molecule has 0 unspecified atom stereocenters. The van der Waals surface area contributed by atoms with E-state index in [1.165, 1.54) is 25.3 Å². The van der Waals surface area contributed by atoms with Gasteiger partial charge in [0.05, 0.1) is 30.5 Å². The summed E-state index contributed by atoms with van der Waals surface area (Å²) in [5.41, 5.74) is 0.913. The molecule has 0 aliphatic carbocycles. The maximum absolute atomic E-state index is 13.4. The van der Waals surface area contributed by atoms with Gasteiger partial charge in [-0.05, 0) is 30.3 Å². The molecule has 34 heavy (non-hydrogen) atoms. The van der Waals surface area contributed by atoms with Crippen molar-refractivity contribution in [2.24, 2.45) is 0 Å². The van der Waals surface area contributed by atoms with Crippen molar-refractivity contribution in [1.82, 2.24) is 9.88 Å². The Morgan fingerprint density at radius 1 is 1.18 bits per heavy atom. The number of rotatable bonds is 7. The summed E-state index contributed by atoms with van der Waals surface area (Å²) in [4.78, 5) is 21.7. The number of morpholine rings is 1. The van der Waals surface area contributed by atoms with Gasteiger partial charge in [-0.2, -0.15) is 0 Å². The second kappa shape index (κ2) is 11.2. The first-order chi connectivity index (χ1) is 15.8. The van der Waals surface area contributed by atoms with Gasteiger partial charge < -0.3 is 14.2 Å². The molecule has 0 atom stereocenters. The third-order valence-electron chi connectivity index (χ3n) is 5.12. The highest BCUT2D eigenvalue weighted by atomic mass is 35.5. The molecule has 0 spiro atoms. The van der Waals surface area contributed by atoms with Crippen LogP contribution >= 0.6 is 23.7 Å². The van der Waals surface area contributed by atoms with E-state index in [0.29, 0.717) is 53.0 Å². The van der Waals surface area contributed by atoms with Crippen molar-refractivity contribution in [3.8, 4) is 11.5 Å². The lowest BCUT2D eigenvalue weighted by atomic mass is 10.2. The Morgan fingerprint density at radius 2 is 1.94 bits per heavy atom. The topological polar surface area (TPSA) is 64.1 Å². The zero-order valence-electron chi connectivity index (χ0n) is 18.2. The average Bonchev–Trinajstić information content (AvgIpc) is 3.21. The van der Waals surface area contributed by atoms with E-state index in [4.69, 9.17) is 9.47 Å². The molecule has 1 saturated heterocycles. The maximum Gasteiger partial charge on any atom is 0.573 e. The monoisotopic (exact) mass is 517 g/mol. The van der Waals surface area contributed by atoms with Crippen molar-refractivity contribution in [2.75, 3.05) is 51.4 Å². The van der Waals surface area contributed by atoms with Crippen molar-refractivity contribution in [2.45, 2.75) is 6.36 Å². The van der Waals surface area contributed by atoms with E-state index in [9.17, 15) is 18.0 Å². The Labute approximate surface area is 204 Å². The van der Waals surface area contributed by atoms with Crippen LogP contribution in [0.2, 0.25) is 0 Å². The van der Waals surface area contributed by atoms with E-state index in [2.05, 4.69) is 14.6 Å². The summed E-state index contributed by atoms with van der Waals surface area (Å²) < 4.78 is 52.9. The highest BCUT2D eigenvalue weighted by Crippen LogP contribution is 2.34. The second-order valence-corrected chi connectivity index (χ2v) is 8.33. The molecule has 0 bridgehead atoms. The minimum absolute atomic E-state index is 0. The smallest absolute Gasteiger partial charge is 0.497 e. The Kier molecular flexibility index (Phi) is 8.58. The molecular formula is C22H23ClF3N3O4S. The number of aromatic nitrogens is 1. The summed E-state index contributed by atoms with van der Waals surface area (Å²) >= 11 is 1.14. The van der Waals surface area contributed by atoms with Crippen LogP contribution in [0.3, 0.4) is 0 Å². The number of hydrogen-bond acceptors (Lipinski definition) is 7. The van der Waals surface area contributed by atoms with Gasteiger partial charge in [-0.25, -0.2) is 4.98 Å². The zero-order valence-corrected chi connectivity index (χ0v) is 19.8. The minimum Gasteiger partial charge on any atom is -0.497 e. The number of methoxy groups -OCH3 is 1.